The minimum Gasteiger partial charge on any atom is -0.379 e. The van der Waals surface area contributed by atoms with Crippen LogP contribution in [0, 0.1) is 5.82 Å². The van der Waals surface area contributed by atoms with Crippen LogP contribution in [0.1, 0.15) is 15.9 Å². The average molecular weight is 377 g/mol. The molecule has 1 fully saturated rings. The minimum absolute atomic E-state index is 0.0662. The first-order chi connectivity index (χ1) is 12.5. The molecule has 0 saturated carbocycles. The van der Waals surface area contributed by atoms with E-state index in [-0.39, 0.29) is 25.1 Å². The smallest absolute Gasteiger partial charge is 0.225 e. The predicted octanol–water partition coefficient (Wildman–Crippen LogP) is 2.28. The number of hydrogen-bond acceptors (Lipinski definition) is 4. The topological polar surface area (TPSA) is 63.7 Å². The lowest BCUT2D eigenvalue weighted by Crippen LogP contribution is -2.48. The summed E-state index contributed by atoms with van der Waals surface area (Å²) in [6, 6.07) is 14.0. The van der Waals surface area contributed by atoms with E-state index < -0.39 is 26.9 Å². The normalized spacial score (nSPS) is 17.0. The summed E-state index contributed by atoms with van der Waals surface area (Å²) in [6.07, 6.45) is 0.0662. The molecule has 0 bridgehead atoms. The maximum absolute atomic E-state index is 13.2. The largest absolute Gasteiger partial charge is 0.379 e. The summed E-state index contributed by atoms with van der Waals surface area (Å²) in [5.41, 5.74) is 0.939. The molecule has 5 nitrogen and oxygen atoms in total. The molecule has 1 unspecified atom stereocenters. The van der Waals surface area contributed by atoms with E-state index >= 15 is 0 Å². The summed E-state index contributed by atoms with van der Waals surface area (Å²) < 4.78 is 46.0. The third-order valence-electron chi connectivity index (χ3n) is 4.37. The molecular formula is C19H20FNO4S. The lowest BCUT2D eigenvalue weighted by Gasteiger charge is -2.29. The highest BCUT2D eigenvalue weighted by atomic mass is 32.2. The first-order valence-corrected chi connectivity index (χ1v) is 9.89. The number of nitrogens with zero attached hydrogens (tertiary/aromatic N) is 1. The SMILES string of the molecule is O=C(c1ccc(F)cc1)C(Cc1ccccc1)S(=O)(=O)N1CCOCC1. The van der Waals surface area contributed by atoms with Gasteiger partial charge in [0.2, 0.25) is 10.0 Å². The Hall–Kier alpha value is -2.09. The molecule has 138 valence electrons. The van der Waals surface area contributed by atoms with Crippen molar-refractivity contribution in [2.24, 2.45) is 0 Å². The fourth-order valence-electron chi connectivity index (χ4n) is 2.94. The number of carbonyl (C=O) groups is 1. The van der Waals surface area contributed by atoms with E-state index in [4.69, 9.17) is 4.74 Å². The number of sulfonamides is 1. The Morgan fingerprint density at radius 3 is 2.27 bits per heavy atom. The van der Waals surface area contributed by atoms with Gasteiger partial charge in [0.25, 0.3) is 0 Å². The van der Waals surface area contributed by atoms with Crippen LogP contribution in [0.5, 0.6) is 0 Å². The molecule has 0 spiro atoms. The van der Waals surface area contributed by atoms with Crippen molar-refractivity contribution in [1.29, 1.82) is 0 Å². The number of ketones is 1. The van der Waals surface area contributed by atoms with Crippen molar-refractivity contribution < 1.29 is 22.3 Å². The second-order valence-electron chi connectivity index (χ2n) is 6.11. The lowest BCUT2D eigenvalue weighted by atomic mass is 10.0. The van der Waals surface area contributed by atoms with E-state index in [1.165, 1.54) is 16.4 Å². The lowest BCUT2D eigenvalue weighted by molar-refractivity contribution is 0.0720. The van der Waals surface area contributed by atoms with Gasteiger partial charge in [-0.15, -0.1) is 0 Å². The van der Waals surface area contributed by atoms with Gasteiger partial charge in [-0.3, -0.25) is 4.79 Å². The summed E-state index contributed by atoms with van der Waals surface area (Å²) in [7, 11) is -3.87. The molecule has 0 radical (unpaired) electrons. The Morgan fingerprint density at radius 1 is 1.04 bits per heavy atom. The maximum Gasteiger partial charge on any atom is 0.225 e. The number of ether oxygens (including phenoxy) is 1. The summed E-state index contributed by atoms with van der Waals surface area (Å²) in [5, 5.41) is -1.26. The van der Waals surface area contributed by atoms with Gasteiger partial charge >= 0.3 is 0 Å². The molecule has 1 saturated heterocycles. The van der Waals surface area contributed by atoms with E-state index in [0.29, 0.717) is 13.2 Å². The number of halogens is 1. The highest BCUT2D eigenvalue weighted by molar-refractivity contribution is 7.90. The molecule has 3 rings (SSSR count). The highest BCUT2D eigenvalue weighted by Crippen LogP contribution is 2.21. The number of Topliss-reactive ketones (excluding diaryl/α,β-unsaturated/α-hetero) is 1. The number of benzene rings is 2. The molecule has 1 heterocycles. The van der Waals surface area contributed by atoms with Gasteiger partial charge < -0.3 is 4.74 Å². The molecule has 2 aromatic carbocycles. The zero-order valence-corrected chi connectivity index (χ0v) is 15.0. The van der Waals surface area contributed by atoms with Gasteiger partial charge in [-0.1, -0.05) is 30.3 Å². The summed E-state index contributed by atoms with van der Waals surface area (Å²) in [4.78, 5) is 13.0. The molecular weight excluding hydrogens is 357 g/mol. The molecule has 0 N–H and O–H groups in total. The number of rotatable bonds is 6. The summed E-state index contributed by atoms with van der Waals surface area (Å²) in [6.45, 7) is 1.07. The van der Waals surface area contributed by atoms with E-state index in [0.717, 1.165) is 17.7 Å². The third-order valence-corrected chi connectivity index (χ3v) is 6.56. The molecule has 1 atom stereocenters. The Morgan fingerprint density at radius 2 is 1.65 bits per heavy atom. The molecule has 2 aromatic rings. The van der Waals surface area contributed by atoms with Crippen LogP contribution in [0.2, 0.25) is 0 Å². The van der Waals surface area contributed by atoms with Gasteiger partial charge in [0.1, 0.15) is 11.1 Å². The Bertz CT molecular complexity index is 847. The van der Waals surface area contributed by atoms with Crippen molar-refractivity contribution in [2.45, 2.75) is 11.7 Å². The Balaban J connectivity index is 1.95. The second-order valence-corrected chi connectivity index (χ2v) is 8.22. The first-order valence-electron chi connectivity index (χ1n) is 8.39. The quantitative estimate of drug-likeness (QED) is 0.725. The van der Waals surface area contributed by atoms with Crippen molar-refractivity contribution in [3.8, 4) is 0 Å². The van der Waals surface area contributed by atoms with Crippen LogP contribution >= 0.6 is 0 Å². The zero-order valence-electron chi connectivity index (χ0n) is 14.2. The number of morpholine rings is 1. The fraction of sp³-hybridized carbons (Fsp3) is 0.316. The van der Waals surface area contributed by atoms with E-state index in [9.17, 15) is 17.6 Å². The van der Waals surface area contributed by atoms with Crippen LogP contribution in [0.15, 0.2) is 54.6 Å². The molecule has 0 aromatic heterocycles. The van der Waals surface area contributed by atoms with Crippen LogP contribution in [-0.2, 0) is 21.2 Å². The Labute approximate surface area is 152 Å². The molecule has 0 aliphatic carbocycles. The predicted molar refractivity (Wildman–Crippen MR) is 96.0 cm³/mol. The van der Waals surface area contributed by atoms with Gasteiger partial charge in [0, 0.05) is 18.7 Å². The fourth-order valence-corrected chi connectivity index (χ4v) is 4.77. The molecule has 26 heavy (non-hydrogen) atoms. The van der Waals surface area contributed by atoms with Crippen molar-refractivity contribution >= 4 is 15.8 Å². The van der Waals surface area contributed by atoms with E-state index in [1.807, 2.05) is 6.07 Å². The average Bonchev–Trinajstić information content (AvgIpc) is 2.67. The maximum atomic E-state index is 13.2. The molecule has 7 heteroatoms. The van der Waals surface area contributed by atoms with Crippen molar-refractivity contribution in [1.82, 2.24) is 4.31 Å². The third kappa shape index (κ3) is 4.17. The first kappa shape index (κ1) is 18.7. The van der Waals surface area contributed by atoms with E-state index in [1.54, 1.807) is 24.3 Å². The molecule has 1 aliphatic heterocycles. The molecule has 0 amide bonds. The van der Waals surface area contributed by atoms with Crippen LogP contribution in [-0.4, -0.2) is 50.1 Å². The number of hydrogen-bond donors (Lipinski definition) is 0. The van der Waals surface area contributed by atoms with Gasteiger partial charge in [0.05, 0.1) is 13.2 Å². The van der Waals surface area contributed by atoms with Gasteiger partial charge in [-0.25, -0.2) is 12.8 Å². The highest BCUT2D eigenvalue weighted by Gasteiger charge is 2.38. The van der Waals surface area contributed by atoms with Crippen LogP contribution in [0.3, 0.4) is 0 Å². The van der Waals surface area contributed by atoms with Gasteiger partial charge in [-0.2, -0.15) is 4.31 Å². The monoisotopic (exact) mass is 377 g/mol. The van der Waals surface area contributed by atoms with Crippen molar-refractivity contribution in [3.05, 3.63) is 71.5 Å². The van der Waals surface area contributed by atoms with Crippen LogP contribution < -0.4 is 0 Å². The standard InChI is InChI=1S/C19H20FNO4S/c20-17-8-6-16(7-9-17)19(22)18(14-15-4-2-1-3-5-15)26(23,24)21-10-12-25-13-11-21/h1-9,18H,10-14H2. The van der Waals surface area contributed by atoms with Crippen molar-refractivity contribution in [2.75, 3.05) is 26.3 Å². The second kappa shape index (κ2) is 8.07. The minimum atomic E-state index is -3.87. The van der Waals surface area contributed by atoms with Gasteiger partial charge in [0.15, 0.2) is 5.78 Å². The number of carbonyl (C=O) groups excluding carboxylic acids is 1. The van der Waals surface area contributed by atoms with Crippen LogP contribution in [0.4, 0.5) is 4.39 Å². The van der Waals surface area contributed by atoms with Crippen LogP contribution in [0.25, 0.3) is 0 Å². The Kier molecular flexibility index (Phi) is 5.80. The van der Waals surface area contributed by atoms with Crippen molar-refractivity contribution in [3.63, 3.8) is 0 Å². The molecule has 1 aliphatic rings. The summed E-state index contributed by atoms with van der Waals surface area (Å²) >= 11 is 0. The summed E-state index contributed by atoms with van der Waals surface area (Å²) in [5.74, 6) is -1.00. The van der Waals surface area contributed by atoms with Gasteiger partial charge in [-0.05, 0) is 36.2 Å². The van der Waals surface area contributed by atoms with E-state index in [2.05, 4.69) is 0 Å². The zero-order chi connectivity index (χ0) is 18.6.